The second kappa shape index (κ2) is 6.36. The topological polar surface area (TPSA) is 63.1 Å². The average molecular weight is 354 g/mol. The fraction of sp³-hybridized carbons (Fsp3) is 0.136. The normalized spacial score (nSPS) is 13.9. The van der Waals surface area contributed by atoms with Crippen molar-refractivity contribution in [1.29, 1.82) is 0 Å². The van der Waals surface area contributed by atoms with E-state index < -0.39 is 0 Å². The van der Waals surface area contributed by atoms with E-state index in [0.29, 0.717) is 0 Å². The zero-order chi connectivity index (χ0) is 18.2. The number of aromatic nitrogens is 4. The van der Waals surface area contributed by atoms with Crippen molar-refractivity contribution in [2.24, 2.45) is 0 Å². The molecule has 0 saturated heterocycles. The van der Waals surface area contributed by atoms with Crippen molar-refractivity contribution in [2.75, 3.05) is 0 Å². The summed E-state index contributed by atoms with van der Waals surface area (Å²) in [6.07, 6.45) is 13.3. The zero-order valence-electron chi connectivity index (χ0n) is 14.7. The van der Waals surface area contributed by atoms with Gasteiger partial charge in [0.05, 0.1) is 17.6 Å². The van der Waals surface area contributed by atoms with Gasteiger partial charge in [-0.1, -0.05) is 6.08 Å². The van der Waals surface area contributed by atoms with Gasteiger partial charge in [-0.05, 0) is 66.3 Å². The summed E-state index contributed by atoms with van der Waals surface area (Å²) in [4.78, 5) is 23.1. The minimum Gasteiger partial charge on any atom is -0.328 e. The van der Waals surface area contributed by atoms with E-state index in [2.05, 4.69) is 31.5 Å². The monoisotopic (exact) mass is 354 g/mol. The van der Waals surface area contributed by atoms with E-state index >= 15 is 0 Å². The van der Waals surface area contributed by atoms with E-state index in [1.165, 1.54) is 18.1 Å². The van der Waals surface area contributed by atoms with Gasteiger partial charge in [0.2, 0.25) is 5.56 Å². The molecule has 0 unspecified atom stereocenters. The molecule has 5 rings (SSSR count). The SMILES string of the molecule is O=c1ccc(-c2ccn3c(-c4ccnc(C5=CCCC5)c4)cnc3c2)c[nH]1. The average Bonchev–Trinajstić information content (AvgIpc) is 3.38. The number of nitrogens with zero attached hydrogens (tertiary/aromatic N) is 3. The Morgan fingerprint density at radius 2 is 1.96 bits per heavy atom. The van der Waals surface area contributed by atoms with Gasteiger partial charge >= 0.3 is 0 Å². The van der Waals surface area contributed by atoms with Crippen molar-refractivity contribution in [3.8, 4) is 22.4 Å². The first-order valence-corrected chi connectivity index (χ1v) is 9.10. The number of fused-ring (bicyclic) bond motifs is 1. The molecule has 0 fully saturated rings. The minimum atomic E-state index is -0.103. The van der Waals surface area contributed by atoms with Crippen LogP contribution in [0.25, 0.3) is 33.6 Å². The molecule has 1 aliphatic rings. The van der Waals surface area contributed by atoms with Crippen LogP contribution in [-0.2, 0) is 0 Å². The Balaban J connectivity index is 1.56. The predicted octanol–water partition coefficient (Wildman–Crippen LogP) is 4.32. The summed E-state index contributed by atoms with van der Waals surface area (Å²) in [6, 6.07) is 11.6. The van der Waals surface area contributed by atoms with E-state index in [0.717, 1.165) is 46.6 Å². The van der Waals surface area contributed by atoms with Gasteiger partial charge in [0.15, 0.2) is 0 Å². The third kappa shape index (κ3) is 2.87. The fourth-order valence-corrected chi connectivity index (χ4v) is 3.63. The molecule has 0 atom stereocenters. The Kier molecular flexibility index (Phi) is 3.71. The lowest BCUT2D eigenvalue weighted by Crippen LogP contribution is -2.01. The van der Waals surface area contributed by atoms with Crippen LogP contribution in [0.1, 0.15) is 25.0 Å². The fourth-order valence-electron chi connectivity index (χ4n) is 3.63. The second-order valence-corrected chi connectivity index (χ2v) is 6.78. The van der Waals surface area contributed by atoms with Crippen molar-refractivity contribution in [3.05, 3.63) is 83.3 Å². The summed E-state index contributed by atoms with van der Waals surface area (Å²) in [7, 11) is 0. The molecule has 4 heterocycles. The third-order valence-corrected chi connectivity index (χ3v) is 5.06. The van der Waals surface area contributed by atoms with Crippen molar-refractivity contribution in [3.63, 3.8) is 0 Å². The van der Waals surface area contributed by atoms with Crippen LogP contribution >= 0.6 is 0 Å². The minimum absolute atomic E-state index is 0.103. The van der Waals surface area contributed by atoms with Gasteiger partial charge in [-0.15, -0.1) is 0 Å². The number of H-pyrrole nitrogens is 1. The first-order valence-electron chi connectivity index (χ1n) is 9.10. The summed E-state index contributed by atoms with van der Waals surface area (Å²) in [5.74, 6) is 0. The van der Waals surface area contributed by atoms with Gasteiger partial charge in [0.1, 0.15) is 5.65 Å². The van der Waals surface area contributed by atoms with Crippen LogP contribution < -0.4 is 5.56 Å². The molecule has 27 heavy (non-hydrogen) atoms. The Bertz CT molecular complexity index is 1210. The maximum Gasteiger partial charge on any atom is 0.247 e. The van der Waals surface area contributed by atoms with E-state index in [1.807, 2.05) is 42.9 Å². The summed E-state index contributed by atoms with van der Waals surface area (Å²) in [5.41, 5.74) is 7.29. The maximum atomic E-state index is 11.3. The van der Waals surface area contributed by atoms with Gasteiger partial charge in [-0.3, -0.25) is 14.2 Å². The first-order chi connectivity index (χ1) is 13.3. The predicted molar refractivity (Wildman–Crippen MR) is 106 cm³/mol. The highest BCUT2D eigenvalue weighted by molar-refractivity contribution is 5.73. The molecule has 1 aliphatic carbocycles. The number of imidazole rings is 1. The number of pyridine rings is 3. The molecule has 4 aromatic heterocycles. The molecular formula is C22H18N4O. The molecule has 4 aromatic rings. The molecule has 0 bridgehead atoms. The van der Waals surface area contributed by atoms with E-state index in [4.69, 9.17) is 0 Å². The summed E-state index contributed by atoms with van der Waals surface area (Å²) >= 11 is 0. The van der Waals surface area contributed by atoms with E-state index in [1.54, 1.807) is 6.20 Å². The second-order valence-electron chi connectivity index (χ2n) is 6.78. The highest BCUT2D eigenvalue weighted by Gasteiger charge is 2.12. The van der Waals surface area contributed by atoms with Crippen molar-refractivity contribution >= 4 is 11.2 Å². The molecule has 5 heteroatoms. The van der Waals surface area contributed by atoms with Crippen LogP contribution in [0, 0.1) is 0 Å². The Morgan fingerprint density at radius 3 is 2.78 bits per heavy atom. The largest absolute Gasteiger partial charge is 0.328 e. The Hall–Kier alpha value is -3.47. The van der Waals surface area contributed by atoms with E-state index in [9.17, 15) is 4.79 Å². The highest BCUT2D eigenvalue weighted by Crippen LogP contribution is 2.30. The summed E-state index contributed by atoms with van der Waals surface area (Å²) < 4.78 is 2.08. The van der Waals surface area contributed by atoms with Crippen molar-refractivity contribution < 1.29 is 0 Å². The lowest BCUT2D eigenvalue weighted by atomic mass is 10.1. The zero-order valence-corrected chi connectivity index (χ0v) is 14.7. The number of nitrogens with one attached hydrogen (secondary N) is 1. The van der Waals surface area contributed by atoms with Gasteiger partial charge in [0.25, 0.3) is 0 Å². The van der Waals surface area contributed by atoms with Gasteiger partial charge in [-0.2, -0.15) is 0 Å². The van der Waals surface area contributed by atoms with Gasteiger partial charge < -0.3 is 4.98 Å². The lowest BCUT2D eigenvalue weighted by molar-refractivity contribution is 0.933. The Morgan fingerprint density at radius 1 is 1.00 bits per heavy atom. The molecule has 0 aromatic carbocycles. The van der Waals surface area contributed by atoms with Crippen LogP contribution in [0.4, 0.5) is 0 Å². The number of hydrogen-bond acceptors (Lipinski definition) is 3. The summed E-state index contributed by atoms with van der Waals surface area (Å²) in [5, 5.41) is 0. The number of aromatic amines is 1. The van der Waals surface area contributed by atoms with Crippen LogP contribution in [0.15, 0.2) is 72.1 Å². The van der Waals surface area contributed by atoms with Crippen LogP contribution in [0.2, 0.25) is 0 Å². The Labute approximate surface area is 156 Å². The smallest absolute Gasteiger partial charge is 0.247 e. The lowest BCUT2D eigenvalue weighted by Gasteiger charge is -2.07. The molecular weight excluding hydrogens is 336 g/mol. The quantitative estimate of drug-likeness (QED) is 0.596. The number of allylic oxidation sites excluding steroid dienone is 2. The van der Waals surface area contributed by atoms with Crippen molar-refractivity contribution in [2.45, 2.75) is 19.3 Å². The maximum absolute atomic E-state index is 11.3. The number of hydrogen-bond donors (Lipinski definition) is 1. The molecule has 0 radical (unpaired) electrons. The molecule has 0 amide bonds. The van der Waals surface area contributed by atoms with Gasteiger partial charge in [-0.25, -0.2) is 4.98 Å². The highest BCUT2D eigenvalue weighted by atomic mass is 16.1. The number of rotatable bonds is 3. The van der Waals surface area contributed by atoms with Crippen LogP contribution in [0.3, 0.4) is 0 Å². The third-order valence-electron chi connectivity index (χ3n) is 5.06. The molecule has 132 valence electrons. The van der Waals surface area contributed by atoms with Gasteiger partial charge in [0, 0.05) is 30.2 Å². The molecule has 1 N–H and O–H groups in total. The van der Waals surface area contributed by atoms with Crippen LogP contribution in [-0.4, -0.2) is 19.4 Å². The first kappa shape index (κ1) is 15.8. The van der Waals surface area contributed by atoms with Crippen molar-refractivity contribution in [1.82, 2.24) is 19.4 Å². The molecule has 0 spiro atoms. The standard InChI is InChI=1S/C22H18N4O/c27-22-6-5-18(13-25-22)16-8-10-26-20(14-24-21(26)12-16)17-7-9-23-19(11-17)15-3-1-2-4-15/h3,5-14H,1-2,4H2,(H,25,27). The molecule has 0 aliphatic heterocycles. The van der Waals surface area contributed by atoms with E-state index in [-0.39, 0.29) is 5.56 Å². The molecule has 5 nitrogen and oxygen atoms in total. The van der Waals surface area contributed by atoms with Crippen LogP contribution in [0.5, 0.6) is 0 Å². The molecule has 0 saturated carbocycles. The summed E-state index contributed by atoms with van der Waals surface area (Å²) in [6.45, 7) is 0.